The number of rotatable bonds is 10. The molecule has 0 aliphatic heterocycles. The Labute approximate surface area is 181 Å². The first-order valence-corrected chi connectivity index (χ1v) is 10.8. The van der Waals surface area contributed by atoms with Gasteiger partial charge < -0.3 is 4.74 Å². The summed E-state index contributed by atoms with van der Waals surface area (Å²) >= 11 is 0. The van der Waals surface area contributed by atoms with Crippen LogP contribution < -0.4 is 4.74 Å². The highest BCUT2D eigenvalue weighted by atomic mass is 16.5. The summed E-state index contributed by atoms with van der Waals surface area (Å²) in [5.41, 5.74) is 2.60. The molecule has 0 fully saturated rings. The van der Waals surface area contributed by atoms with E-state index in [1.165, 1.54) is 0 Å². The number of methoxy groups -OCH3 is 1. The number of Topliss-reactive ketones (excluding diaryl/α,β-unsaturated/α-hetero) is 2. The maximum Gasteiger partial charge on any atom is 0.166 e. The van der Waals surface area contributed by atoms with Crippen LogP contribution in [-0.2, 0) is 6.42 Å². The Bertz CT molecular complexity index is 857. The first-order chi connectivity index (χ1) is 14.0. The van der Waals surface area contributed by atoms with Gasteiger partial charge in [-0.3, -0.25) is 9.59 Å². The van der Waals surface area contributed by atoms with E-state index in [0.717, 1.165) is 30.4 Å². The normalized spacial score (nSPS) is 11.9. The fourth-order valence-corrected chi connectivity index (χ4v) is 3.57. The Kier molecular flexibility index (Phi) is 8.00. The van der Waals surface area contributed by atoms with Crippen molar-refractivity contribution in [2.75, 3.05) is 7.11 Å². The Morgan fingerprint density at radius 2 is 1.47 bits per heavy atom. The van der Waals surface area contributed by atoms with Crippen molar-refractivity contribution >= 4 is 11.6 Å². The molecular formula is C27H36O3. The standard InChI is InChI=1S/C27H36O3/c1-26(2,3)16-14-24(29)22-18-20(12-13-25(22)30-6)19-27(4,5)17-15-23(28)21-10-8-7-9-11-21/h7-13,18H,14-17,19H2,1-6H3. The Hall–Kier alpha value is -2.42. The van der Waals surface area contributed by atoms with Gasteiger partial charge in [-0.15, -0.1) is 0 Å². The van der Waals surface area contributed by atoms with Gasteiger partial charge in [0.25, 0.3) is 0 Å². The minimum atomic E-state index is -0.0508. The van der Waals surface area contributed by atoms with E-state index in [-0.39, 0.29) is 22.4 Å². The van der Waals surface area contributed by atoms with Gasteiger partial charge in [-0.1, -0.05) is 71.0 Å². The number of ketones is 2. The van der Waals surface area contributed by atoms with Crippen LogP contribution in [0.4, 0.5) is 0 Å². The van der Waals surface area contributed by atoms with Crippen LogP contribution in [0.15, 0.2) is 48.5 Å². The van der Waals surface area contributed by atoms with E-state index in [0.29, 0.717) is 24.2 Å². The average molecular weight is 409 g/mol. The van der Waals surface area contributed by atoms with Gasteiger partial charge >= 0.3 is 0 Å². The quantitative estimate of drug-likeness (QED) is 0.400. The highest BCUT2D eigenvalue weighted by Crippen LogP contribution is 2.31. The molecule has 2 aromatic rings. The highest BCUT2D eigenvalue weighted by Gasteiger charge is 2.23. The summed E-state index contributed by atoms with van der Waals surface area (Å²) in [5, 5.41) is 0. The van der Waals surface area contributed by atoms with Crippen molar-refractivity contribution < 1.29 is 14.3 Å². The Morgan fingerprint density at radius 3 is 2.07 bits per heavy atom. The highest BCUT2D eigenvalue weighted by molar-refractivity contribution is 5.99. The Balaban J connectivity index is 2.07. The smallest absolute Gasteiger partial charge is 0.166 e. The number of hydrogen-bond acceptors (Lipinski definition) is 3. The zero-order chi connectivity index (χ0) is 22.4. The first-order valence-electron chi connectivity index (χ1n) is 10.8. The van der Waals surface area contributed by atoms with E-state index < -0.39 is 0 Å². The van der Waals surface area contributed by atoms with Crippen molar-refractivity contribution in [3.05, 3.63) is 65.2 Å². The molecule has 0 saturated heterocycles. The van der Waals surface area contributed by atoms with Crippen LogP contribution in [0.1, 0.15) is 86.6 Å². The number of hydrogen-bond donors (Lipinski definition) is 0. The molecule has 2 aromatic carbocycles. The minimum Gasteiger partial charge on any atom is -0.496 e. The van der Waals surface area contributed by atoms with Crippen LogP contribution in [-0.4, -0.2) is 18.7 Å². The summed E-state index contributed by atoms with van der Waals surface area (Å²) in [7, 11) is 1.61. The molecule has 0 bridgehead atoms. The number of carbonyl (C=O) groups is 2. The van der Waals surface area contributed by atoms with Gasteiger partial charge in [0.15, 0.2) is 11.6 Å². The largest absolute Gasteiger partial charge is 0.496 e. The van der Waals surface area contributed by atoms with Gasteiger partial charge in [0, 0.05) is 18.4 Å². The van der Waals surface area contributed by atoms with Crippen molar-refractivity contribution in [3.8, 4) is 5.75 Å². The summed E-state index contributed by atoms with van der Waals surface area (Å²) in [6.45, 7) is 10.8. The average Bonchev–Trinajstić information content (AvgIpc) is 2.70. The van der Waals surface area contributed by atoms with Crippen LogP contribution >= 0.6 is 0 Å². The lowest BCUT2D eigenvalue weighted by Crippen LogP contribution is -2.17. The van der Waals surface area contributed by atoms with E-state index in [1.807, 2.05) is 48.5 Å². The van der Waals surface area contributed by atoms with Gasteiger partial charge in [0.05, 0.1) is 12.7 Å². The maximum atomic E-state index is 12.8. The zero-order valence-electron chi connectivity index (χ0n) is 19.4. The molecule has 0 radical (unpaired) electrons. The number of ether oxygens (including phenoxy) is 1. The van der Waals surface area contributed by atoms with E-state index in [1.54, 1.807) is 7.11 Å². The molecule has 0 heterocycles. The van der Waals surface area contributed by atoms with Crippen molar-refractivity contribution in [3.63, 3.8) is 0 Å². The van der Waals surface area contributed by atoms with Gasteiger partial charge in [0.1, 0.15) is 5.75 Å². The SMILES string of the molecule is COc1ccc(CC(C)(C)CCC(=O)c2ccccc2)cc1C(=O)CCC(C)(C)C. The summed E-state index contributed by atoms with van der Waals surface area (Å²) < 4.78 is 5.45. The Morgan fingerprint density at radius 1 is 0.833 bits per heavy atom. The predicted molar refractivity (Wildman–Crippen MR) is 124 cm³/mol. The molecule has 0 aromatic heterocycles. The molecule has 0 aliphatic rings. The molecule has 162 valence electrons. The molecule has 0 saturated carbocycles. The third-order valence-corrected chi connectivity index (χ3v) is 5.47. The van der Waals surface area contributed by atoms with Crippen LogP contribution in [0.3, 0.4) is 0 Å². The van der Waals surface area contributed by atoms with E-state index >= 15 is 0 Å². The molecular weight excluding hydrogens is 372 g/mol. The lowest BCUT2D eigenvalue weighted by atomic mass is 9.80. The van der Waals surface area contributed by atoms with E-state index in [4.69, 9.17) is 4.74 Å². The van der Waals surface area contributed by atoms with E-state index in [2.05, 4.69) is 34.6 Å². The summed E-state index contributed by atoms with van der Waals surface area (Å²) in [4.78, 5) is 25.3. The second kappa shape index (κ2) is 10.1. The lowest BCUT2D eigenvalue weighted by Gasteiger charge is -2.25. The van der Waals surface area contributed by atoms with Crippen molar-refractivity contribution in [1.29, 1.82) is 0 Å². The molecule has 0 N–H and O–H groups in total. The van der Waals surface area contributed by atoms with Gasteiger partial charge in [-0.2, -0.15) is 0 Å². The molecule has 30 heavy (non-hydrogen) atoms. The lowest BCUT2D eigenvalue weighted by molar-refractivity contribution is 0.0957. The first kappa shape index (κ1) is 23.9. The molecule has 0 amide bonds. The van der Waals surface area contributed by atoms with Crippen LogP contribution in [0, 0.1) is 10.8 Å². The minimum absolute atomic E-state index is 0.0508. The predicted octanol–water partition coefficient (Wildman–Crippen LogP) is 6.94. The van der Waals surface area contributed by atoms with Gasteiger partial charge in [-0.25, -0.2) is 0 Å². The third-order valence-electron chi connectivity index (χ3n) is 5.47. The van der Waals surface area contributed by atoms with Crippen molar-refractivity contribution in [2.24, 2.45) is 10.8 Å². The zero-order valence-corrected chi connectivity index (χ0v) is 19.4. The monoisotopic (exact) mass is 408 g/mol. The maximum absolute atomic E-state index is 12.8. The summed E-state index contributed by atoms with van der Waals surface area (Å²) in [6, 6.07) is 15.4. The molecule has 0 unspecified atom stereocenters. The second-order valence-corrected chi connectivity index (χ2v) is 10.1. The second-order valence-electron chi connectivity index (χ2n) is 10.1. The van der Waals surface area contributed by atoms with Crippen LogP contribution in [0.25, 0.3) is 0 Å². The van der Waals surface area contributed by atoms with Gasteiger partial charge in [-0.05, 0) is 47.8 Å². The topological polar surface area (TPSA) is 43.4 Å². The molecule has 0 spiro atoms. The molecule has 2 rings (SSSR count). The molecule has 0 atom stereocenters. The molecule has 0 aliphatic carbocycles. The van der Waals surface area contributed by atoms with Crippen LogP contribution in [0.2, 0.25) is 0 Å². The van der Waals surface area contributed by atoms with Crippen molar-refractivity contribution in [2.45, 2.75) is 66.7 Å². The molecule has 3 nitrogen and oxygen atoms in total. The third kappa shape index (κ3) is 7.44. The van der Waals surface area contributed by atoms with Crippen molar-refractivity contribution in [1.82, 2.24) is 0 Å². The number of benzene rings is 2. The van der Waals surface area contributed by atoms with Gasteiger partial charge in [0.2, 0.25) is 0 Å². The summed E-state index contributed by atoms with van der Waals surface area (Å²) in [5.74, 6) is 0.937. The fourth-order valence-electron chi connectivity index (χ4n) is 3.57. The molecule has 3 heteroatoms. The number of carbonyl (C=O) groups excluding carboxylic acids is 2. The van der Waals surface area contributed by atoms with E-state index in [9.17, 15) is 9.59 Å². The fraction of sp³-hybridized carbons (Fsp3) is 0.481. The summed E-state index contributed by atoms with van der Waals surface area (Å²) in [6.07, 6.45) is 3.47. The van der Waals surface area contributed by atoms with Crippen LogP contribution in [0.5, 0.6) is 5.75 Å².